The van der Waals surface area contributed by atoms with Crippen molar-refractivity contribution in [2.45, 2.75) is 65.2 Å². The number of hydrogen-bond acceptors (Lipinski definition) is 2. The molecule has 1 unspecified atom stereocenters. The standard InChI is InChI=1S/C19H30O2/c1-18-10-12-21-11-8-13(18)3-4-14-15-5-6-17(20)19(15,2)9-7-16(14)18/h13-16H,3-12H2,1-2H3/t13-,14-,15-,16-,18?,19-/m0/s1. The summed E-state index contributed by atoms with van der Waals surface area (Å²) in [7, 11) is 0. The van der Waals surface area contributed by atoms with E-state index < -0.39 is 0 Å². The highest BCUT2D eigenvalue weighted by Gasteiger charge is 2.59. The van der Waals surface area contributed by atoms with Gasteiger partial charge in [0, 0.05) is 25.0 Å². The first-order valence-corrected chi connectivity index (χ1v) is 9.17. The van der Waals surface area contributed by atoms with E-state index in [0.29, 0.717) is 17.1 Å². The summed E-state index contributed by atoms with van der Waals surface area (Å²) >= 11 is 0. The van der Waals surface area contributed by atoms with Crippen LogP contribution in [-0.2, 0) is 9.53 Å². The summed E-state index contributed by atoms with van der Waals surface area (Å²) in [4.78, 5) is 12.4. The molecular weight excluding hydrogens is 260 g/mol. The lowest BCUT2D eigenvalue weighted by molar-refractivity contribution is -0.136. The van der Waals surface area contributed by atoms with Crippen LogP contribution in [0.2, 0.25) is 0 Å². The molecule has 21 heavy (non-hydrogen) atoms. The fourth-order valence-corrected chi connectivity index (χ4v) is 6.79. The van der Waals surface area contributed by atoms with Gasteiger partial charge in [-0.15, -0.1) is 0 Å². The van der Waals surface area contributed by atoms with Gasteiger partial charge < -0.3 is 4.74 Å². The van der Waals surface area contributed by atoms with Crippen molar-refractivity contribution >= 4 is 5.78 Å². The lowest BCUT2D eigenvalue weighted by Crippen LogP contribution is -2.52. The van der Waals surface area contributed by atoms with Gasteiger partial charge in [0.15, 0.2) is 0 Å². The third-order valence-electron chi connectivity index (χ3n) is 8.17. The lowest BCUT2D eigenvalue weighted by Gasteiger charge is -2.57. The van der Waals surface area contributed by atoms with Crippen molar-refractivity contribution in [3.8, 4) is 0 Å². The van der Waals surface area contributed by atoms with Crippen LogP contribution in [0.1, 0.15) is 65.2 Å². The van der Waals surface area contributed by atoms with Gasteiger partial charge in [0.25, 0.3) is 0 Å². The van der Waals surface area contributed by atoms with Crippen LogP contribution in [0.4, 0.5) is 0 Å². The van der Waals surface area contributed by atoms with Crippen molar-refractivity contribution in [2.24, 2.45) is 34.5 Å². The number of rotatable bonds is 0. The summed E-state index contributed by atoms with van der Waals surface area (Å²) in [5.74, 6) is 3.78. The minimum atomic E-state index is 0.0333. The molecule has 1 saturated heterocycles. The second-order valence-corrected chi connectivity index (χ2v) is 8.73. The molecule has 0 aromatic carbocycles. The van der Waals surface area contributed by atoms with Crippen LogP contribution in [0, 0.1) is 34.5 Å². The van der Waals surface area contributed by atoms with E-state index in [1.807, 2.05) is 0 Å². The van der Waals surface area contributed by atoms with Gasteiger partial charge in [-0.1, -0.05) is 13.8 Å². The predicted octanol–water partition coefficient (Wildman–Crippen LogP) is 4.22. The van der Waals surface area contributed by atoms with E-state index >= 15 is 0 Å². The molecule has 4 fully saturated rings. The van der Waals surface area contributed by atoms with Crippen LogP contribution >= 0.6 is 0 Å². The van der Waals surface area contributed by atoms with Crippen molar-refractivity contribution in [3.05, 3.63) is 0 Å². The number of carbonyl (C=O) groups is 1. The molecule has 0 radical (unpaired) electrons. The minimum absolute atomic E-state index is 0.0333. The molecule has 0 spiro atoms. The first-order chi connectivity index (χ1) is 10.1. The number of ether oxygens (including phenoxy) is 1. The minimum Gasteiger partial charge on any atom is -0.381 e. The van der Waals surface area contributed by atoms with Crippen LogP contribution in [0.3, 0.4) is 0 Å². The van der Waals surface area contributed by atoms with E-state index in [9.17, 15) is 4.79 Å². The van der Waals surface area contributed by atoms with Crippen molar-refractivity contribution in [1.29, 1.82) is 0 Å². The third kappa shape index (κ3) is 1.90. The Balaban J connectivity index is 1.65. The lowest BCUT2D eigenvalue weighted by atomic mass is 9.47. The zero-order valence-corrected chi connectivity index (χ0v) is 13.7. The van der Waals surface area contributed by atoms with Gasteiger partial charge in [0.2, 0.25) is 0 Å². The molecule has 2 heteroatoms. The molecule has 4 rings (SSSR count). The predicted molar refractivity (Wildman–Crippen MR) is 82.9 cm³/mol. The van der Waals surface area contributed by atoms with Gasteiger partial charge in [-0.25, -0.2) is 0 Å². The molecular formula is C19H30O2. The molecule has 0 N–H and O–H groups in total. The number of carbonyl (C=O) groups excluding carboxylic acids is 1. The molecule has 2 nitrogen and oxygen atoms in total. The molecule has 0 amide bonds. The molecule has 0 aromatic rings. The first-order valence-electron chi connectivity index (χ1n) is 9.17. The second-order valence-electron chi connectivity index (χ2n) is 8.73. The van der Waals surface area contributed by atoms with Crippen molar-refractivity contribution in [3.63, 3.8) is 0 Å². The van der Waals surface area contributed by atoms with Gasteiger partial charge >= 0.3 is 0 Å². The van der Waals surface area contributed by atoms with Crippen LogP contribution in [0.25, 0.3) is 0 Å². The van der Waals surface area contributed by atoms with Crippen LogP contribution in [-0.4, -0.2) is 19.0 Å². The Bertz CT molecular complexity index is 445. The zero-order valence-electron chi connectivity index (χ0n) is 13.7. The van der Waals surface area contributed by atoms with Crippen LogP contribution in [0.5, 0.6) is 0 Å². The summed E-state index contributed by atoms with van der Waals surface area (Å²) < 4.78 is 5.80. The summed E-state index contributed by atoms with van der Waals surface area (Å²) in [6.07, 6.45) is 9.73. The van der Waals surface area contributed by atoms with Gasteiger partial charge in [-0.05, 0) is 74.0 Å². The average Bonchev–Trinajstić information content (AvgIpc) is 2.65. The third-order valence-corrected chi connectivity index (χ3v) is 8.17. The normalized spacial score (nSPS) is 53.5. The fraction of sp³-hybridized carbons (Fsp3) is 0.947. The number of fused-ring (bicyclic) bond motifs is 5. The Labute approximate surface area is 129 Å². The molecule has 1 aliphatic heterocycles. The molecule has 4 aliphatic rings. The Morgan fingerprint density at radius 2 is 1.81 bits per heavy atom. The first kappa shape index (κ1) is 14.2. The van der Waals surface area contributed by atoms with E-state index in [2.05, 4.69) is 13.8 Å². The number of ketones is 1. The van der Waals surface area contributed by atoms with E-state index in [4.69, 9.17) is 4.74 Å². The molecule has 6 atom stereocenters. The zero-order chi connectivity index (χ0) is 14.7. The molecule has 0 bridgehead atoms. The smallest absolute Gasteiger partial charge is 0.139 e. The largest absolute Gasteiger partial charge is 0.381 e. The summed E-state index contributed by atoms with van der Waals surface area (Å²) in [5.41, 5.74) is 0.512. The monoisotopic (exact) mass is 290 g/mol. The SMILES string of the molecule is CC12CCOCC[C@@H]1CC[C@@H]1[C@@H]2CC[C@]2(C)C(=O)CC[C@@H]12. The molecule has 3 aliphatic carbocycles. The summed E-state index contributed by atoms with van der Waals surface area (Å²) in [6.45, 7) is 6.77. The highest BCUT2D eigenvalue weighted by molar-refractivity contribution is 5.87. The maximum absolute atomic E-state index is 12.4. The van der Waals surface area contributed by atoms with Crippen molar-refractivity contribution < 1.29 is 9.53 Å². The van der Waals surface area contributed by atoms with Gasteiger partial charge in [0.1, 0.15) is 5.78 Å². The summed E-state index contributed by atoms with van der Waals surface area (Å²) in [5, 5.41) is 0. The maximum atomic E-state index is 12.4. The van der Waals surface area contributed by atoms with Gasteiger partial charge in [-0.2, -0.15) is 0 Å². The Hall–Kier alpha value is -0.370. The van der Waals surface area contributed by atoms with Crippen LogP contribution < -0.4 is 0 Å². The topological polar surface area (TPSA) is 26.3 Å². The second kappa shape index (κ2) is 4.81. The quantitative estimate of drug-likeness (QED) is 0.667. The van der Waals surface area contributed by atoms with E-state index in [0.717, 1.165) is 43.8 Å². The average molecular weight is 290 g/mol. The highest BCUT2D eigenvalue weighted by Crippen LogP contribution is 2.64. The van der Waals surface area contributed by atoms with E-state index in [1.54, 1.807) is 0 Å². The Morgan fingerprint density at radius 1 is 0.952 bits per heavy atom. The molecule has 118 valence electrons. The van der Waals surface area contributed by atoms with E-state index in [-0.39, 0.29) is 5.41 Å². The van der Waals surface area contributed by atoms with E-state index in [1.165, 1.54) is 38.5 Å². The highest BCUT2D eigenvalue weighted by atomic mass is 16.5. The molecule has 0 aromatic heterocycles. The van der Waals surface area contributed by atoms with Gasteiger partial charge in [-0.3, -0.25) is 4.79 Å². The Kier molecular flexibility index (Phi) is 3.26. The fourth-order valence-electron chi connectivity index (χ4n) is 6.79. The van der Waals surface area contributed by atoms with Crippen molar-refractivity contribution in [2.75, 3.05) is 13.2 Å². The van der Waals surface area contributed by atoms with Crippen molar-refractivity contribution in [1.82, 2.24) is 0 Å². The number of hydrogen-bond donors (Lipinski definition) is 0. The number of Topliss-reactive ketones (excluding diaryl/α,β-unsaturated/α-hetero) is 1. The van der Waals surface area contributed by atoms with Gasteiger partial charge in [0.05, 0.1) is 0 Å². The molecule has 3 saturated carbocycles. The molecule has 1 heterocycles. The Morgan fingerprint density at radius 3 is 2.67 bits per heavy atom. The summed E-state index contributed by atoms with van der Waals surface area (Å²) in [6, 6.07) is 0. The van der Waals surface area contributed by atoms with Crippen LogP contribution in [0.15, 0.2) is 0 Å². The maximum Gasteiger partial charge on any atom is 0.139 e.